The minimum absolute atomic E-state index is 0.283. The quantitative estimate of drug-likeness (QED) is 0.910. The fourth-order valence-electron chi connectivity index (χ4n) is 3.16. The monoisotopic (exact) mass is 306 g/mol. The predicted octanol–water partition coefficient (Wildman–Crippen LogP) is 2.40. The molecule has 0 radical (unpaired) electrons. The number of nitrogens with two attached hydrogens (primary N) is 1. The highest BCUT2D eigenvalue weighted by Crippen LogP contribution is 2.37. The van der Waals surface area contributed by atoms with Gasteiger partial charge in [0.2, 0.25) is 0 Å². The molecule has 2 N–H and O–H groups in total. The molecule has 2 heterocycles. The van der Waals surface area contributed by atoms with Gasteiger partial charge in [-0.05, 0) is 52.5 Å². The van der Waals surface area contributed by atoms with Crippen molar-refractivity contribution in [2.45, 2.75) is 63.6 Å². The minimum Gasteiger partial charge on any atom is -0.444 e. The van der Waals surface area contributed by atoms with Crippen molar-refractivity contribution in [1.29, 1.82) is 0 Å². The average Bonchev–Trinajstić information content (AvgIpc) is 2.92. The van der Waals surface area contributed by atoms with Gasteiger partial charge in [-0.25, -0.2) is 4.79 Å². The Morgan fingerprint density at radius 2 is 2.18 bits per heavy atom. The van der Waals surface area contributed by atoms with Crippen LogP contribution in [0.15, 0.2) is 12.3 Å². The van der Waals surface area contributed by atoms with Crippen molar-refractivity contribution < 1.29 is 9.53 Å². The number of rotatable bonds is 2. The molecule has 0 bridgehead atoms. The molecule has 1 unspecified atom stereocenters. The second kappa shape index (κ2) is 5.26. The summed E-state index contributed by atoms with van der Waals surface area (Å²) in [7, 11) is 0. The van der Waals surface area contributed by atoms with Gasteiger partial charge in [0.15, 0.2) is 0 Å². The summed E-state index contributed by atoms with van der Waals surface area (Å²) in [6.45, 7) is 6.74. The average molecular weight is 306 g/mol. The van der Waals surface area contributed by atoms with Gasteiger partial charge >= 0.3 is 6.09 Å². The molecule has 2 aliphatic rings. The number of nitrogens with zero attached hydrogens (tertiary/aromatic N) is 3. The zero-order chi connectivity index (χ0) is 16.0. The molecule has 1 atom stereocenters. The van der Waals surface area contributed by atoms with Crippen LogP contribution in [0.2, 0.25) is 0 Å². The van der Waals surface area contributed by atoms with Crippen LogP contribution in [0, 0.1) is 0 Å². The third-order valence-corrected chi connectivity index (χ3v) is 4.55. The smallest absolute Gasteiger partial charge is 0.410 e. The standard InChI is InChI=1S/C16H26N4O2/c1-15(2,3)22-14(21)19-10-8-16(17,11-19)13-7-9-18-20(13)12-5-4-6-12/h7,9,12H,4-6,8,10-11,17H2,1-3H3. The van der Waals surface area contributed by atoms with Gasteiger partial charge in [-0.2, -0.15) is 5.10 Å². The molecule has 0 aromatic carbocycles. The van der Waals surface area contributed by atoms with Gasteiger partial charge in [-0.3, -0.25) is 4.68 Å². The summed E-state index contributed by atoms with van der Waals surface area (Å²) < 4.78 is 7.52. The van der Waals surface area contributed by atoms with Gasteiger partial charge in [-0.15, -0.1) is 0 Å². The fourth-order valence-corrected chi connectivity index (χ4v) is 3.16. The molecule has 1 aromatic rings. The van der Waals surface area contributed by atoms with E-state index in [0.717, 1.165) is 12.1 Å². The molecule has 1 amide bonds. The van der Waals surface area contributed by atoms with Crippen molar-refractivity contribution in [1.82, 2.24) is 14.7 Å². The molecule has 122 valence electrons. The van der Waals surface area contributed by atoms with Crippen molar-refractivity contribution in [2.75, 3.05) is 13.1 Å². The Hall–Kier alpha value is -1.56. The molecular formula is C16H26N4O2. The fraction of sp³-hybridized carbons (Fsp3) is 0.750. The van der Waals surface area contributed by atoms with Crippen LogP contribution in [-0.4, -0.2) is 39.5 Å². The molecule has 0 spiro atoms. The number of amides is 1. The summed E-state index contributed by atoms with van der Waals surface area (Å²) >= 11 is 0. The van der Waals surface area contributed by atoms with E-state index in [2.05, 4.69) is 9.78 Å². The van der Waals surface area contributed by atoms with Gasteiger partial charge in [0.05, 0.1) is 17.3 Å². The van der Waals surface area contributed by atoms with E-state index in [9.17, 15) is 4.79 Å². The van der Waals surface area contributed by atoms with E-state index in [-0.39, 0.29) is 6.09 Å². The number of hydrogen-bond donors (Lipinski definition) is 1. The van der Waals surface area contributed by atoms with Crippen LogP contribution in [0.5, 0.6) is 0 Å². The van der Waals surface area contributed by atoms with Gasteiger partial charge in [0, 0.05) is 19.3 Å². The molecule has 3 rings (SSSR count). The summed E-state index contributed by atoms with van der Waals surface area (Å²) in [5.41, 5.74) is 6.66. The van der Waals surface area contributed by atoms with Crippen LogP contribution in [0.25, 0.3) is 0 Å². The van der Waals surface area contributed by atoms with Gasteiger partial charge in [-0.1, -0.05) is 0 Å². The second-order valence-corrected chi connectivity index (χ2v) is 7.55. The number of carbonyl (C=O) groups is 1. The largest absolute Gasteiger partial charge is 0.444 e. The second-order valence-electron chi connectivity index (χ2n) is 7.55. The molecule has 6 nitrogen and oxygen atoms in total. The number of aromatic nitrogens is 2. The predicted molar refractivity (Wildman–Crippen MR) is 83.4 cm³/mol. The zero-order valence-corrected chi connectivity index (χ0v) is 13.7. The Morgan fingerprint density at radius 1 is 1.45 bits per heavy atom. The maximum Gasteiger partial charge on any atom is 0.410 e. The molecule has 2 fully saturated rings. The van der Waals surface area contributed by atoms with E-state index in [4.69, 9.17) is 10.5 Å². The first kappa shape index (κ1) is 15.3. The lowest BCUT2D eigenvalue weighted by Crippen LogP contribution is -2.44. The van der Waals surface area contributed by atoms with Crippen LogP contribution in [0.3, 0.4) is 0 Å². The van der Waals surface area contributed by atoms with E-state index >= 15 is 0 Å². The Labute approximate surface area is 131 Å². The van der Waals surface area contributed by atoms with Crippen molar-refractivity contribution in [3.05, 3.63) is 18.0 Å². The van der Waals surface area contributed by atoms with E-state index < -0.39 is 11.1 Å². The SMILES string of the molecule is CC(C)(C)OC(=O)N1CCC(N)(c2ccnn2C2CCC2)C1. The van der Waals surface area contributed by atoms with Crippen LogP contribution in [0.1, 0.15) is 58.2 Å². The highest BCUT2D eigenvalue weighted by atomic mass is 16.6. The van der Waals surface area contributed by atoms with Crippen molar-refractivity contribution in [3.8, 4) is 0 Å². The number of hydrogen-bond acceptors (Lipinski definition) is 4. The maximum atomic E-state index is 12.2. The lowest BCUT2D eigenvalue weighted by Gasteiger charge is -2.32. The lowest BCUT2D eigenvalue weighted by molar-refractivity contribution is 0.0283. The number of ether oxygens (including phenoxy) is 1. The third kappa shape index (κ3) is 2.84. The summed E-state index contributed by atoms with van der Waals surface area (Å²) in [6.07, 6.45) is 5.87. The van der Waals surface area contributed by atoms with Gasteiger partial charge in [0.25, 0.3) is 0 Å². The van der Waals surface area contributed by atoms with Crippen molar-refractivity contribution >= 4 is 6.09 Å². The van der Waals surface area contributed by atoms with Gasteiger partial charge < -0.3 is 15.4 Å². The molecule has 1 saturated carbocycles. The van der Waals surface area contributed by atoms with Crippen molar-refractivity contribution in [2.24, 2.45) is 5.73 Å². The zero-order valence-electron chi connectivity index (χ0n) is 13.7. The first-order valence-corrected chi connectivity index (χ1v) is 8.09. The topological polar surface area (TPSA) is 73.4 Å². The van der Waals surface area contributed by atoms with Crippen molar-refractivity contribution in [3.63, 3.8) is 0 Å². The molecule has 6 heteroatoms. The summed E-state index contributed by atoms with van der Waals surface area (Å²) in [4.78, 5) is 13.9. The highest BCUT2D eigenvalue weighted by Gasteiger charge is 2.42. The third-order valence-electron chi connectivity index (χ3n) is 4.55. The van der Waals surface area contributed by atoms with Crippen LogP contribution in [0.4, 0.5) is 4.79 Å². The summed E-state index contributed by atoms with van der Waals surface area (Å²) in [6, 6.07) is 2.47. The number of likely N-dealkylation sites (tertiary alicyclic amines) is 1. The van der Waals surface area contributed by atoms with Crippen LogP contribution in [-0.2, 0) is 10.3 Å². The van der Waals surface area contributed by atoms with Crippen LogP contribution >= 0.6 is 0 Å². The molecule has 22 heavy (non-hydrogen) atoms. The summed E-state index contributed by atoms with van der Waals surface area (Å²) in [5.74, 6) is 0. The van der Waals surface area contributed by atoms with E-state index in [1.807, 2.05) is 33.0 Å². The van der Waals surface area contributed by atoms with Crippen LogP contribution < -0.4 is 5.73 Å². The van der Waals surface area contributed by atoms with E-state index in [1.54, 1.807) is 4.90 Å². The number of carbonyl (C=O) groups excluding carboxylic acids is 1. The van der Waals surface area contributed by atoms with E-state index in [1.165, 1.54) is 19.3 Å². The molecular weight excluding hydrogens is 280 g/mol. The summed E-state index contributed by atoms with van der Waals surface area (Å²) in [5, 5.41) is 4.46. The molecule has 1 aliphatic heterocycles. The Kier molecular flexibility index (Phi) is 3.67. The maximum absolute atomic E-state index is 12.2. The first-order valence-electron chi connectivity index (χ1n) is 8.09. The minimum atomic E-state index is -0.525. The highest BCUT2D eigenvalue weighted by molar-refractivity contribution is 5.68. The first-order chi connectivity index (χ1) is 10.3. The molecule has 1 aromatic heterocycles. The van der Waals surface area contributed by atoms with Gasteiger partial charge in [0.1, 0.15) is 5.60 Å². The Morgan fingerprint density at radius 3 is 2.77 bits per heavy atom. The normalized spacial score (nSPS) is 26.1. The Balaban J connectivity index is 1.73. The molecule has 1 aliphatic carbocycles. The lowest BCUT2D eigenvalue weighted by atomic mass is 9.90. The van der Waals surface area contributed by atoms with E-state index in [0.29, 0.717) is 19.1 Å². The Bertz CT molecular complexity index is 559. The molecule has 1 saturated heterocycles.